The average Bonchev–Trinajstić information content (AvgIpc) is 2.61. The largest absolute Gasteiger partial charge is 0.586 e. The number of Topliss-reactive ketones (excluding diaryl/α,β-unsaturated/α-hetero) is 1. The monoisotopic (exact) mass is 258 g/mol. The van der Waals surface area contributed by atoms with Crippen molar-refractivity contribution in [1.82, 2.24) is 0 Å². The standard InChI is InChI=1S/C11H8F2O5/c1-16-10(15)5-7(14)6-2-3-8-9(4-6)18-11(12,13)17-8/h2-4H,5H2,1H3. The van der Waals surface area contributed by atoms with Gasteiger partial charge in [0.15, 0.2) is 17.3 Å². The van der Waals surface area contributed by atoms with Gasteiger partial charge in [-0.25, -0.2) is 0 Å². The molecule has 1 heterocycles. The predicted molar refractivity (Wildman–Crippen MR) is 53.6 cm³/mol. The van der Waals surface area contributed by atoms with Crippen LogP contribution in [-0.4, -0.2) is 25.2 Å². The van der Waals surface area contributed by atoms with Gasteiger partial charge in [-0.05, 0) is 18.2 Å². The van der Waals surface area contributed by atoms with Gasteiger partial charge in [-0.1, -0.05) is 0 Å². The minimum atomic E-state index is -3.73. The first-order chi connectivity index (χ1) is 8.41. The highest BCUT2D eigenvalue weighted by Gasteiger charge is 2.43. The Morgan fingerprint density at radius 2 is 1.94 bits per heavy atom. The van der Waals surface area contributed by atoms with Crippen LogP contribution in [0.25, 0.3) is 0 Å². The SMILES string of the molecule is COC(=O)CC(=O)c1ccc2c(c1)OC(F)(F)O2. The molecule has 0 atom stereocenters. The van der Waals surface area contributed by atoms with E-state index in [0.717, 1.165) is 13.2 Å². The number of carbonyl (C=O) groups is 2. The highest BCUT2D eigenvalue weighted by molar-refractivity contribution is 6.06. The fourth-order valence-electron chi connectivity index (χ4n) is 1.43. The zero-order valence-corrected chi connectivity index (χ0v) is 9.24. The molecule has 96 valence electrons. The highest BCUT2D eigenvalue weighted by atomic mass is 19.3. The lowest BCUT2D eigenvalue weighted by Gasteiger charge is -2.04. The predicted octanol–water partition coefficient (Wildman–Crippen LogP) is 1.75. The summed E-state index contributed by atoms with van der Waals surface area (Å²) in [6.07, 6.45) is -4.20. The Morgan fingerprint density at radius 1 is 1.28 bits per heavy atom. The number of carbonyl (C=O) groups excluding carboxylic acids is 2. The number of rotatable bonds is 3. The number of ketones is 1. The Kier molecular flexibility index (Phi) is 2.90. The summed E-state index contributed by atoms with van der Waals surface area (Å²) in [5.41, 5.74) is 0.0699. The van der Waals surface area contributed by atoms with E-state index in [1.54, 1.807) is 0 Å². The van der Waals surface area contributed by atoms with Crippen LogP contribution in [-0.2, 0) is 9.53 Å². The fourth-order valence-corrected chi connectivity index (χ4v) is 1.43. The van der Waals surface area contributed by atoms with Crippen molar-refractivity contribution in [2.45, 2.75) is 12.7 Å². The number of alkyl halides is 2. The van der Waals surface area contributed by atoms with Crippen LogP contribution in [0.3, 0.4) is 0 Å². The topological polar surface area (TPSA) is 61.8 Å². The maximum atomic E-state index is 12.7. The van der Waals surface area contributed by atoms with Crippen LogP contribution in [0.5, 0.6) is 11.5 Å². The normalized spacial score (nSPS) is 15.3. The smallest absolute Gasteiger partial charge is 0.469 e. The van der Waals surface area contributed by atoms with E-state index in [9.17, 15) is 18.4 Å². The molecule has 5 nitrogen and oxygen atoms in total. The molecule has 0 amide bonds. The Morgan fingerprint density at radius 3 is 2.61 bits per heavy atom. The summed E-state index contributed by atoms with van der Waals surface area (Å²) in [6.45, 7) is 0. The Labute approximate surface area is 100 Å². The van der Waals surface area contributed by atoms with Gasteiger partial charge in [0, 0.05) is 5.56 Å². The van der Waals surface area contributed by atoms with E-state index in [4.69, 9.17) is 0 Å². The molecule has 1 aromatic rings. The number of halogens is 2. The van der Waals surface area contributed by atoms with Crippen molar-refractivity contribution in [3.05, 3.63) is 23.8 Å². The van der Waals surface area contributed by atoms with E-state index in [-0.39, 0.29) is 17.1 Å². The lowest BCUT2D eigenvalue weighted by Crippen LogP contribution is -2.25. The molecular weight excluding hydrogens is 250 g/mol. The zero-order valence-electron chi connectivity index (χ0n) is 9.24. The molecule has 0 aliphatic carbocycles. The Hall–Kier alpha value is -2.18. The summed E-state index contributed by atoms with van der Waals surface area (Å²) >= 11 is 0. The van der Waals surface area contributed by atoms with Gasteiger partial charge in [-0.2, -0.15) is 0 Å². The highest BCUT2D eigenvalue weighted by Crippen LogP contribution is 2.41. The second kappa shape index (κ2) is 4.25. The van der Waals surface area contributed by atoms with Crippen molar-refractivity contribution in [2.75, 3.05) is 7.11 Å². The van der Waals surface area contributed by atoms with Crippen LogP contribution in [0.15, 0.2) is 18.2 Å². The average molecular weight is 258 g/mol. The number of ether oxygens (including phenoxy) is 3. The third kappa shape index (κ3) is 2.39. The van der Waals surface area contributed by atoms with Crippen molar-refractivity contribution in [3.8, 4) is 11.5 Å². The number of benzene rings is 1. The molecule has 7 heteroatoms. The van der Waals surface area contributed by atoms with Crippen molar-refractivity contribution in [1.29, 1.82) is 0 Å². The van der Waals surface area contributed by atoms with E-state index in [1.807, 2.05) is 0 Å². The van der Waals surface area contributed by atoms with Crippen LogP contribution >= 0.6 is 0 Å². The molecule has 1 aliphatic heterocycles. The van der Waals surface area contributed by atoms with Crippen LogP contribution in [0, 0.1) is 0 Å². The molecule has 0 saturated carbocycles. The first-order valence-corrected chi connectivity index (χ1v) is 4.91. The Bertz CT molecular complexity index is 512. The van der Waals surface area contributed by atoms with Gasteiger partial charge < -0.3 is 14.2 Å². The van der Waals surface area contributed by atoms with E-state index >= 15 is 0 Å². The van der Waals surface area contributed by atoms with Gasteiger partial charge in [-0.3, -0.25) is 9.59 Å². The summed E-state index contributed by atoms with van der Waals surface area (Å²) < 4.78 is 38.2. The number of hydrogen-bond acceptors (Lipinski definition) is 5. The molecular formula is C11H8F2O5. The molecule has 0 bridgehead atoms. The van der Waals surface area contributed by atoms with Gasteiger partial charge in [0.25, 0.3) is 0 Å². The summed E-state index contributed by atoms with van der Waals surface area (Å²) in [5.74, 6) is -1.66. The number of methoxy groups -OCH3 is 1. The molecule has 0 fully saturated rings. The number of hydrogen-bond donors (Lipinski definition) is 0. The number of esters is 1. The number of fused-ring (bicyclic) bond motifs is 1. The van der Waals surface area contributed by atoms with Crippen molar-refractivity contribution in [2.24, 2.45) is 0 Å². The van der Waals surface area contributed by atoms with E-state index in [2.05, 4.69) is 14.2 Å². The summed E-state index contributed by atoms with van der Waals surface area (Å²) in [7, 11) is 1.15. The lowest BCUT2D eigenvalue weighted by molar-refractivity contribution is -0.286. The molecule has 2 rings (SSSR count). The molecule has 0 saturated heterocycles. The third-order valence-corrected chi connectivity index (χ3v) is 2.26. The van der Waals surface area contributed by atoms with Gasteiger partial charge >= 0.3 is 12.3 Å². The maximum absolute atomic E-state index is 12.7. The molecule has 1 aromatic carbocycles. The maximum Gasteiger partial charge on any atom is 0.586 e. The van der Waals surface area contributed by atoms with Gasteiger partial charge in [-0.15, -0.1) is 8.78 Å². The summed E-state index contributed by atoms with van der Waals surface area (Å²) in [4.78, 5) is 22.5. The molecule has 18 heavy (non-hydrogen) atoms. The second-order valence-electron chi connectivity index (χ2n) is 3.51. The molecule has 0 aromatic heterocycles. The molecule has 1 aliphatic rings. The van der Waals surface area contributed by atoms with Gasteiger partial charge in [0.05, 0.1) is 7.11 Å². The lowest BCUT2D eigenvalue weighted by atomic mass is 10.1. The first kappa shape index (κ1) is 12.3. The quantitative estimate of drug-likeness (QED) is 0.469. The second-order valence-corrected chi connectivity index (χ2v) is 3.51. The van der Waals surface area contributed by atoms with Crippen LogP contribution in [0.1, 0.15) is 16.8 Å². The molecule has 0 N–H and O–H groups in total. The van der Waals surface area contributed by atoms with Crippen molar-refractivity contribution in [3.63, 3.8) is 0 Å². The van der Waals surface area contributed by atoms with Crippen molar-refractivity contribution < 1.29 is 32.6 Å². The van der Waals surface area contributed by atoms with E-state index in [0.29, 0.717) is 0 Å². The first-order valence-electron chi connectivity index (χ1n) is 4.91. The van der Waals surface area contributed by atoms with Crippen molar-refractivity contribution >= 4 is 11.8 Å². The molecule has 0 unspecified atom stereocenters. The van der Waals surface area contributed by atoms with Gasteiger partial charge in [0.1, 0.15) is 6.42 Å². The molecule has 0 radical (unpaired) electrons. The molecule has 0 spiro atoms. The van der Waals surface area contributed by atoms with Gasteiger partial charge in [0.2, 0.25) is 0 Å². The minimum absolute atomic E-state index is 0.0699. The summed E-state index contributed by atoms with van der Waals surface area (Å²) in [5, 5.41) is 0. The summed E-state index contributed by atoms with van der Waals surface area (Å²) in [6, 6.07) is 3.55. The van der Waals surface area contributed by atoms with Crippen LogP contribution in [0.4, 0.5) is 8.78 Å². The van der Waals surface area contributed by atoms with Crippen LogP contribution < -0.4 is 9.47 Å². The third-order valence-electron chi connectivity index (χ3n) is 2.26. The van der Waals surface area contributed by atoms with E-state index < -0.39 is 24.5 Å². The van der Waals surface area contributed by atoms with E-state index in [1.165, 1.54) is 12.1 Å². The van der Waals surface area contributed by atoms with Crippen LogP contribution in [0.2, 0.25) is 0 Å². The minimum Gasteiger partial charge on any atom is -0.469 e. The Balaban J connectivity index is 2.18. The fraction of sp³-hybridized carbons (Fsp3) is 0.273. The zero-order chi connectivity index (χ0) is 13.3.